The maximum absolute atomic E-state index is 12.5. The zero-order chi connectivity index (χ0) is 16.8. The first kappa shape index (κ1) is 17.7. The summed E-state index contributed by atoms with van der Waals surface area (Å²) in [7, 11) is 0. The first-order chi connectivity index (χ1) is 11.0. The Kier molecular flexibility index (Phi) is 6.33. The molecule has 2 amide bonds. The van der Waals surface area contributed by atoms with Gasteiger partial charge in [-0.3, -0.25) is 4.79 Å². The van der Waals surface area contributed by atoms with E-state index in [2.05, 4.69) is 17.9 Å². The third-order valence-electron chi connectivity index (χ3n) is 3.79. The van der Waals surface area contributed by atoms with Crippen LogP contribution < -0.4 is 5.32 Å². The van der Waals surface area contributed by atoms with Gasteiger partial charge in [-0.25, -0.2) is 4.79 Å². The van der Waals surface area contributed by atoms with Crippen LogP contribution >= 0.6 is 12.6 Å². The topological polar surface area (TPSA) is 58.6 Å². The summed E-state index contributed by atoms with van der Waals surface area (Å²) in [5, 5.41) is 2.87. The number of rotatable bonds is 4. The molecule has 2 rings (SSSR count). The fourth-order valence-corrected chi connectivity index (χ4v) is 2.76. The van der Waals surface area contributed by atoms with Gasteiger partial charge in [0.2, 0.25) is 0 Å². The van der Waals surface area contributed by atoms with Crippen LogP contribution in [0.3, 0.4) is 0 Å². The summed E-state index contributed by atoms with van der Waals surface area (Å²) >= 11 is 4.34. The van der Waals surface area contributed by atoms with Crippen LogP contribution in [-0.4, -0.2) is 42.6 Å². The zero-order valence-electron chi connectivity index (χ0n) is 13.6. The van der Waals surface area contributed by atoms with Crippen LogP contribution in [0, 0.1) is 5.92 Å². The summed E-state index contributed by atoms with van der Waals surface area (Å²) < 4.78 is 5.12. The Bertz CT molecular complexity index is 555. The molecule has 23 heavy (non-hydrogen) atoms. The van der Waals surface area contributed by atoms with Gasteiger partial charge in [0.05, 0.1) is 12.2 Å². The second-order valence-electron chi connectivity index (χ2n) is 6.22. The van der Waals surface area contributed by atoms with Crippen molar-refractivity contribution in [2.24, 2.45) is 5.92 Å². The van der Waals surface area contributed by atoms with Gasteiger partial charge < -0.3 is 15.0 Å². The molecule has 5 nitrogen and oxygen atoms in total. The molecule has 0 bridgehead atoms. The minimum Gasteiger partial charge on any atom is -0.449 e. The molecule has 1 aromatic rings. The SMILES string of the molecule is CC(C)COC(=O)NC1CCN(C(=O)c2ccccc2S)CC1. The number of hydrogen-bond acceptors (Lipinski definition) is 4. The fourth-order valence-electron chi connectivity index (χ4n) is 2.50. The van der Waals surface area contributed by atoms with Gasteiger partial charge in [-0.1, -0.05) is 26.0 Å². The summed E-state index contributed by atoms with van der Waals surface area (Å²) in [4.78, 5) is 26.7. The Morgan fingerprint density at radius 2 is 1.96 bits per heavy atom. The lowest BCUT2D eigenvalue weighted by Crippen LogP contribution is -2.46. The van der Waals surface area contributed by atoms with Crippen molar-refractivity contribution in [1.29, 1.82) is 0 Å². The summed E-state index contributed by atoms with van der Waals surface area (Å²) in [5.74, 6) is 0.318. The lowest BCUT2D eigenvalue weighted by molar-refractivity contribution is 0.0696. The van der Waals surface area contributed by atoms with E-state index in [1.165, 1.54) is 0 Å². The van der Waals surface area contributed by atoms with Crippen LogP contribution in [0.2, 0.25) is 0 Å². The summed E-state index contributed by atoms with van der Waals surface area (Å²) in [6.45, 7) is 5.65. The summed E-state index contributed by atoms with van der Waals surface area (Å²) in [5.41, 5.74) is 0.624. The molecule has 0 aliphatic carbocycles. The average molecular weight is 336 g/mol. The number of benzene rings is 1. The largest absolute Gasteiger partial charge is 0.449 e. The number of piperidine rings is 1. The first-order valence-electron chi connectivity index (χ1n) is 7.98. The monoisotopic (exact) mass is 336 g/mol. The normalized spacial score (nSPS) is 15.6. The predicted molar refractivity (Wildman–Crippen MR) is 91.9 cm³/mol. The summed E-state index contributed by atoms with van der Waals surface area (Å²) in [6.07, 6.45) is 1.10. The van der Waals surface area contributed by atoms with Crippen LogP contribution in [-0.2, 0) is 4.74 Å². The molecule has 1 fully saturated rings. The highest BCUT2D eigenvalue weighted by atomic mass is 32.1. The number of nitrogens with one attached hydrogen (secondary N) is 1. The minimum atomic E-state index is -0.371. The van der Waals surface area contributed by atoms with E-state index >= 15 is 0 Å². The van der Waals surface area contributed by atoms with E-state index in [-0.39, 0.29) is 18.0 Å². The second kappa shape index (κ2) is 8.24. The van der Waals surface area contributed by atoms with Crippen LogP contribution in [0.15, 0.2) is 29.2 Å². The maximum Gasteiger partial charge on any atom is 0.407 e. The summed E-state index contributed by atoms with van der Waals surface area (Å²) in [6, 6.07) is 7.36. The Labute approximate surface area is 142 Å². The molecule has 1 aliphatic rings. The number of likely N-dealkylation sites (tertiary alicyclic amines) is 1. The molecule has 126 valence electrons. The van der Waals surface area contributed by atoms with Crippen LogP contribution in [0.4, 0.5) is 4.79 Å². The number of ether oxygens (including phenoxy) is 1. The van der Waals surface area contributed by atoms with E-state index in [1.54, 1.807) is 6.07 Å². The highest BCUT2D eigenvalue weighted by Gasteiger charge is 2.25. The van der Waals surface area contributed by atoms with E-state index in [1.807, 2.05) is 36.9 Å². The van der Waals surface area contributed by atoms with Gasteiger partial charge in [0.1, 0.15) is 0 Å². The Balaban J connectivity index is 1.81. The van der Waals surface area contributed by atoms with Crippen molar-refractivity contribution in [2.45, 2.75) is 37.6 Å². The van der Waals surface area contributed by atoms with E-state index in [9.17, 15) is 9.59 Å². The van der Waals surface area contributed by atoms with E-state index in [0.717, 1.165) is 12.8 Å². The fraction of sp³-hybridized carbons (Fsp3) is 0.529. The van der Waals surface area contributed by atoms with Crippen molar-refractivity contribution in [3.8, 4) is 0 Å². The molecule has 1 aliphatic heterocycles. The van der Waals surface area contributed by atoms with Crippen molar-refractivity contribution in [1.82, 2.24) is 10.2 Å². The highest BCUT2D eigenvalue weighted by molar-refractivity contribution is 7.80. The number of carbonyl (C=O) groups excluding carboxylic acids is 2. The van der Waals surface area contributed by atoms with Crippen molar-refractivity contribution in [3.05, 3.63) is 29.8 Å². The van der Waals surface area contributed by atoms with Gasteiger partial charge in [-0.15, -0.1) is 12.6 Å². The van der Waals surface area contributed by atoms with Crippen LogP contribution in [0.25, 0.3) is 0 Å². The number of hydrogen-bond donors (Lipinski definition) is 2. The zero-order valence-corrected chi connectivity index (χ0v) is 14.5. The number of alkyl carbamates (subject to hydrolysis) is 1. The van der Waals surface area contributed by atoms with Crippen LogP contribution in [0.5, 0.6) is 0 Å². The molecule has 1 heterocycles. The van der Waals surface area contributed by atoms with Gasteiger partial charge in [0.25, 0.3) is 5.91 Å². The Morgan fingerprint density at radius 1 is 1.30 bits per heavy atom. The van der Waals surface area contributed by atoms with Crippen molar-refractivity contribution in [3.63, 3.8) is 0 Å². The van der Waals surface area contributed by atoms with E-state index in [4.69, 9.17) is 4.74 Å². The molecular weight excluding hydrogens is 312 g/mol. The van der Waals surface area contributed by atoms with Crippen molar-refractivity contribution < 1.29 is 14.3 Å². The van der Waals surface area contributed by atoms with Gasteiger partial charge in [-0.05, 0) is 30.9 Å². The average Bonchev–Trinajstić information content (AvgIpc) is 2.53. The van der Waals surface area contributed by atoms with Crippen LogP contribution in [0.1, 0.15) is 37.0 Å². The van der Waals surface area contributed by atoms with Gasteiger partial charge in [0, 0.05) is 24.0 Å². The third kappa shape index (κ3) is 5.16. The lowest BCUT2D eigenvalue weighted by Gasteiger charge is -2.32. The number of nitrogens with zero attached hydrogens (tertiary/aromatic N) is 1. The molecule has 0 aromatic heterocycles. The number of carbonyl (C=O) groups is 2. The first-order valence-corrected chi connectivity index (χ1v) is 8.42. The molecule has 1 saturated heterocycles. The van der Waals surface area contributed by atoms with E-state index in [0.29, 0.717) is 36.1 Å². The van der Waals surface area contributed by atoms with Gasteiger partial charge >= 0.3 is 6.09 Å². The molecule has 0 spiro atoms. The molecule has 0 atom stereocenters. The van der Waals surface area contributed by atoms with Gasteiger partial charge in [0.15, 0.2) is 0 Å². The standard InChI is InChI=1S/C17H24N2O3S/c1-12(2)11-22-17(21)18-13-7-9-19(10-8-13)16(20)14-5-3-4-6-15(14)23/h3-6,12-13,23H,7-11H2,1-2H3,(H,18,21). The molecule has 1 aromatic carbocycles. The molecular formula is C17H24N2O3S. The second-order valence-corrected chi connectivity index (χ2v) is 6.70. The molecule has 0 saturated carbocycles. The molecule has 0 unspecified atom stereocenters. The highest BCUT2D eigenvalue weighted by Crippen LogP contribution is 2.18. The maximum atomic E-state index is 12.5. The minimum absolute atomic E-state index is 0.00330. The molecule has 6 heteroatoms. The van der Waals surface area contributed by atoms with Gasteiger partial charge in [-0.2, -0.15) is 0 Å². The lowest BCUT2D eigenvalue weighted by atomic mass is 10.0. The molecule has 0 radical (unpaired) electrons. The van der Waals surface area contributed by atoms with E-state index < -0.39 is 0 Å². The predicted octanol–water partition coefficient (Wildman–Crippen LogP) is 2.96. The quantitative estimate of drug-likeness (QED) is 0.831. The third-order valence-corrected chi connectivity index (χ3v) is 4.18. The number of thiol groups is 1. The Morgan fingerprint density at radius 3 is 2.57 bits per heavy atom. The van der Waals surface area contributed by atoms with Crippen molar-refractivity contribution >= 4 is 24.6 Å². The smallest absolute Gasteiger partial charge is 0.407 e. The molecule has 1 N–H and O–H groups in total. The number of amides is 2. The Hall–Kier alpha value is -1.69. The van der Waals surface area contributed by atoms with Crippen molar-refractivity contribution in [2.75, 3.05) is 19.7 Å².